The van der Waals surface area contributed by atoms with E-state index in [0.717, 1.165) is 18.6 Å². The van der Waals surface area contributed by atoms with Gasteiger partial charge in [0.1, 0.15) is 0 Å². The molecule has 1 N–H and O–H groups in total. The fourth-order valence-electron chi connectivity index (χ4n) is 2.55. The van der Waals surface area contributed by atoms with Gasteiger partial charge >= 0.3 is 0 Å². The van der Waals surface area contributed by atoms with Gasteiger partial charge in [0.05, 0.1) is 5.60 Å². The van der Waals surface area contributed by atoms with Crippen molar-refractivity contribution in [2.24, 2.45) is 5.41 Å². The minimum Gasteiger partial charge on any atom is -0.389 e. The Hall–Kier alpha value is 0.310. The second kappa shape index (κ2) is 5.58. The molecule has 1 rings (SSSR count). The van der Waals surface area contributed by atoms with E-state index < -0.39 is 0 Å². The monoisotopic (exact) mass is 230 g/mol. The maximum Gasteiger partial charge on any atom is 0.0743 e. The molecule has 15 heavy (non-hydrogen) atoms. The van der Waals surface area contributed by atoms with Gasteiger partial charge in [-0.25, -0.2) is 0 Å². The number of thioether (sulfide) groups is 1. The first-order valence-corrected chi connectivity index (χ1v) is 7.43. The summed E-state index contributed by atoms with van der Waals surface area (Å²) in [5.41, 5.74) is -0.0530. The number of unbranched alkanes of at least 4 members (excludes halogenated alkanes) is 3. The molecule has 0 aromatic heterocycles. The maximum atomic E-state index is 10.5. The zero-order valence-corrected chi connectivity index (χ0v) is 11.3. The Morgan fingerprint density at radius 1 is 1.13 bits per heavy atom. The zero-order chi connectivity index (χ0) is 11.4. The Bertz CT molecular complexity index is 191. The molecule has 1 unspecified atom stereocenters. The van der Waals surface area contributed by atoms with Crippen LogP contribution in [0.5, 0.6) is 0 Å². The zero-order valence-electron chi connectivity index (χ0n) is 10.5. The Balaban J connectivity index is 2.31. The van der Waals surface area contributed by atoms with E-state index in [1.54, 1.807) is 0 Å². The van der Waals surface area contributed by atoms with Crippen molar-refractivity contribution in [3.8, 4) is 0 Å². The minimum atomic E-state index is -0.375. The quantitative estimate of drug-likeness (QED) is 0.724. The summed E-state index contributed by atoms with van der Waals surface area (Å²) < 4.78 is 0. The molecule has 1 heterocycles. The molecule has 1 aliphatic heterocycles. The highest BCUT2D eigenvalue weighted by molar-refractivity contribution is 7.99. The summed E-state index contributed by atoms with van der Waals surface area (Å²) in [4.78, 5) is 0. The lowest BCUT2D eigenvalue weighted by atomic mass is 9.79. The van der Waals surface area contributed by atoms with Gasteiger partial charge in [-0.05, 0) is 24.0 Å². The van der Waals surface area contributed by atoms with Crippen LogP contribution in [-0.4, -0.2) is 22.2 Å². The van der Waals surface area contributed by atoms with Crippen molar-refractivity contribution in [2.45, 2.75) is 64.9 Å². The first kappa shape index (κ1) is 13.4. The van der Waals surface area contributed by atoms with Gasteiger partial charge in [0.2, 0.25) is 0 Å². The van der Waals surface area contributed by atoms with Crippen molar-refractivity contribution in [1.82, 2.24) is 0 Å². The van der Waals surface area contributed by atoms with Crippen LogP contribution in [0.4, 0.5) is 0 Å². The van der Waals surface area contributed by atoms with Gasteiger partial charge in [0.15, 0.2) is 0 Å². The lowest BCUT2D eigenvalue weighted by molar-refractivity contribution is 0.00976. The summed E-state index contributed by atoms with van der Waals surface area (Å²) in [7, 11) is 0. The molecule has 1 nitrogen and oxygen atoms in total. The van der Waals surface area contributed by atoms with Crippen LogP contribution in [0.15, 0.2) is 0 Å². The molecule has 0 aliphatic carbocycles. The summed E-state index contributed by atoms with van der Waals surface area (Å²) in [6.45, 7) is 6.78. The summed E-state index contributed by atoms with van der Waals surface area (Å²) in [5, 5.41) is 10.5. The molecule has 1 atom stereocenters. The van der Waals surface area contributed by atoms with Gasteiger partial charge < -0.3 is 5.11 Å². The molecule has 2 heteroatoms. The number of rotatable bonds is 5. The molecule has 0 aromatic carbocycles. The van der Waals surface area contributed by atoms with Crippen molar-refractivity contribution < 1.29 is 5.11 Å². The van der Waals surface area contributed by atoms with Crippen LogP contribution in [0.3, 0.4) is 0 Å². The minimum absolute atomic E-state index is 0.322. The fraction of sp³-hybridized carbons (Fsp3) is 1.00. The summed E-state index contributed by atoms with van der Waals surface area (Å²) in [6, 6.07) is 0. The van der Waals surface area contributed by atoms with Crippen molar-refractivity contribution in [3.63, 3.8) is 0 Å². The Labute approximate surface area is 99.0 Å². The van der Waals surface area contributed by atoms with E-state index in [4.69, 9.17) is 0 Å². The number of hydrogen-bond acceptors (Lipinski definition) is 2. The highest BCUT2D eigenvalue weighted by atomic mass is 32.2. The highest BCUT2D eigenvalue weighted by Crippen LogP contribution is 2.41. The van der Waals surface area contributed by atoms with Crippen molar-refractivity contribution >= 4 is 11.8 Å². The molecular weight excluding hydrogens is 204 g/mol. The summed E-state index contributed by atoms with van der Waals surface area (Å²) in [5.74, 6) is 2.15. The molecule has 0 saturated carbocycles. The molecular formula is C13H26OS. The first-order chi connectivity index (χ1) is 6.97. The average molecular weight is 230 g/mol. The number of hydrogen-bond donors (Lipinski definition) is 1. The van der Waals surface area contributed by atoms with Gasteiger partial charge in [-0.2, -0.15) is 11.8 Å². The van der Waals surface area contributed by atoms with Gasteiger partial charge in [0.25, 0.3) is 0 Å². The lowest BCUT2D eigenvalue weighted by Gasteiger charge is -2.41. The molecule has 1 saturated heterocycles. The van der Waals surface area contributed by atoms with Gasteiger partial charge in [-0.3, -0.25) is 0 Å². The molecule has 90 valence electrons. The van der Waals surface area contributed by atoms with E-state index in [-0.39, 0.29) is 5.60 Å². The van der Waals surface area contributed by atoms with Crippen LogP contribution in [0.25, 0.3) is 0 Å². The second-order valence-electron chi connectivity index (χ2n) is 5.87. The normalized spacial score (nSPS) is 30.4. The van der Waals surface area contributed by atoms with Crippen LogP contribution >= 0.6 is 11.8 Å². The fourth-order valence-corrected chi connectivity index (χ4v) is 3.93. The van der Waals surface area contributed by atoms with E-state index in [1.807, 2.05) is 11.8 Å². The van der Waals surface area contributed by atoms with E-state index in [1.165, 1.54) is 31.4 Å². The predicted molar refractivity (Wildman–Crippen MR) is 69.4 cm³/mol. The third kappa shape index (κ3) is 4.78. The Kier molecular flexibility index (Phi) is 4.98. The molecule has 0 spiro atoms. The highest BCUT2D eigenvalue weighted by Gasteiger charge is 2.38. The van der Waals surface area contributed by atoms with E-state index in [0.29, 0.717) is 5.41 Å². The van der Waals surface area contributed by atoms with E-state index in [2.05, 4.69) is 20.8 Å². The molecule has 0 bridgehead atoms. The third-order valence-electron chi connectivity index (χ3n) is 3.17. The van der Waals surface area contributed by atoms with Crippen LogP contribution in [0.2, 0.25) is 0 Å². The van der Waals surface area contributed by atoms with E-state index in [9.17, 15) is 5.11 Å². The van der Waals surface area contributed by atoms with Crippen LogP contribution in [0, 0.1) is 5.41 Å². The van der Waals surface area contributed by atoms with Crippen molar-refractivity contribution in [3.05, 3.63) is 0 Å². The lowest BCUT2D eigenvalue weighted by Crippen LogP contribution is -2.42. The van der Waals surface area contributed by atoms with Gasteiger partial charge in [-0.15, -0.1) is 0 Å². The molecule has 0 amide bonds. The largest absolute Gasteiger partial charge is 0.389 e. The van der Waals surface area contributed by atoms with Crippen LogP contribution < -0.4 is 0 Å². The molecule has 0 aromatic rings. The smallest absolute Gasteiger partial charge is 0.0743 e. The summed E-state index contributed by atoms with van der Waals surface area (Å²) in [6.07, 6.45) is 7.05. The first-order valence-electron chi connectivity index (χ1n) is 6.28. The topological polar surface area (TPSA) is 20.2 Å². The average Bonchev–Trinajstić information content (AvgIpc) is 2.10. The summed E-state index contributed by atoms with van der Waals surface area (Å²) >= 11 is 1.92. The SMILES string of the molecule is CCCCCCC1(O)CSCC(C)(C)C1. The third-order valence-corrected chi connectivity index (χ3v) is 4.89. The Morgan fingerprint density at radius 3 is 2.47 bits per heavy atom. The van der Waals surface area contributed by atoms with Crippen LogP contribution in [-0.2, 0) is 0 Å². The predicted octanol–water partition coefficient (Wildman–Crippen LogP) is 3.85. The molecule has 1 aliphatic rings. The van der Waals surface area contributed by atoms with Gasteiger partial charge in [0, 0.05) is 5.75 Å². The maximum absolute atomic E-state index is 10.5. The molecule has 1 fully saturated rings. The molecule has 0 radical (unpaired) electrons. The van der Waals surface area contributed by atoms with E-state index >= 15 is 0 Å². The standard InChI is InChI=1S/C13H26OS/c1-4-5-6-7-8-13(14)9-12(2,3)10-15-11-13/h14H,4-11H2,1-3H3. The second-order valence-corrected chi connectivity index (χ2v) is 6.85. The Morgan fingerprint density at radius 2 is 1.87 bits per heavy atom. The van der Waals surface area contributed by atoms with Crippen LogP contribution in [0.1, 0.15) is 59.3 Å². The van der Waals surface area contributed by atoms with Crippen molar-refractivity contribution in [1.29, 1.82) is 0 Å². The van der Waals surface area contributed by atoms with Crippen molar-refractivity contribution in [2.75, 3.05) is 11.5 Å². The van der Waals surface area contributed by atoms with Gasteiger partial charge in [-0.1, -0.05) is 46.5 Å². The number of aliphatic hydroxyl groups is 1.